The second kappa shape index (κ2) is 5.65. The fourth-order valence-electron chi connectivity index (χ4n) is 2.09. The Morgan fingerprint density at radius 1 is 1.14 bits per heavy atom. The van der Waals surface area contributed by atoms with E-state index in [2.05, 4.69) is 47.2 Å². The van der Waals surface area contributed by atoms with Gasteiger partial charge in [0.1, 0.15) is 0 Å². The number of aromatic nitrogens is 3. The molecule has 3 aromatic rings. The van der Waals surface area contributed by atoms with Gasteiger partial charge in [0.25, 0.3) is 0 Å². The first kappa shape index (κ1) is 13.8. The molecule has 0 aliphatic carbocycles. The molecule has 108 valence electrons. The number of thiazole rings is 1. The number of nitrogen functional groups attached to an aromatic ring is 1. The van der Waals surface area contributed by atoms with Crippen LogP contribution in [-0.2, 0) is 12.8 Å². The van der Waals surface area contributed by atoms with Crippen molar-refractivity contribution in [3.05, 3.63) is 57.7 Å². The van der Waals surface area contributed by atoms with Crippen molar-refractivity contribution in [1.29, 1.82) is 0 Å². The third kappa shape index (κ3) is 3.28. The summed E-state index contributed by atoms with van der Waals surface area (Å²) in [4.78, 5) is 8.60. The molecule has 0 aliphatic heterocycles. The Kier molecular flexibility index (Phi) is 3.70. The van der Waals surface area contributed by atoms with Crippen molar-refractivity contribution in [2.24, 2.45) is 0 Å². The fourth-order valence-corrected chi connectivity index (χ4v) is 2.65. The predicted octanol–water partition coefficient (Wildman–Crippen LogP) is 2.91. The second-order valence-corrected chi connectivity index (χ2v) is 5.94. The summed E-state index contributed by atoms with van der Waals surface area (Å²) in [7, 11) is 0. The molecule has 3 rings (SSSR count). The molecular formula is C15H16N4OS. The van der Waals surface area contributed by atoms with Gasteiger partial charge in [0.05, 0.1) is 12.1 Å². The van der Waals surface area contributed by atoms with Crippen LogP contribution in [0.15, 0.2) is 28.1 Å². The zero-order valence-electron chi connectivity index (χ0n) is 12.0. The van der Waals surface area contributed by atoms with Gasteiger partial charge in [0, 0.05) is 11.8 Å². The molecule has 21 heavy (non-hydrogen) atoms. The number of hydrogen-bond donors (Lipinski definition) is 1. The maximum absolute atomic E-state index is 5.61. The third-order valence-corrected chi connectivity index (χ3v) is 4.07. The maximum Gasteiger partial charge on any atom is 0.232 e. The Labute approximate surface area is 126 Å². The van der Waals surface area contributed by atoms with Gasteiger partial charge in [0.2, 0.25) is 5.89 Å². The molecule has 1 aromatic carbocycles. The number of aryl methyl sites for hydroxylation is 2. The van der Waals surface area contributed by atoms with E-state index < -0.39 is 0 Å². The molecule has 0 radical (unpaired) electrons. The van der Waals surface area contributed by atoms with Crippen LogP contribution in [-0.4, -0.2) is 15.1 Å². The van der Waals surface area contributed by atoms with Crippen molar-refractivity contribution in [3.63, 3.8) is 0 Å². The molecule has 5 nitrogen and oxygen atoms in total. The number of benzene rings is 1. The minimum atomic E-state index is 0.521. The van der Waals surface area contributed by atoms with E-state index in [9.17, 15) is 0 Å². The molecule has 0 amide bonds. The summed E-state index contributed by atoms with van der Waals surface area (Å²) in [6, 6.07) is 6.37. The van der Waals surface area contributed by atoms with Gasteiger partial charge in [-0.15, -0.1) is 11.3 Å². The van der Waals surface area contributed by atoms with Crippen LogP contribution in [0.4, 0.5) is 5.13 Å². The van der Waals surface area contributed by atoms with Crippen molar-refractivity contribution < 1.29 is 4.52 Å². The number of nitrogens with zero attached hydrogens (tertiary/aromatic N) is 3. The van der Waals surface area contributed by atoms with E-state index in [1.165, 1.54) is 28.0 Å². The first-order valence-corrected chi connectivity index (χ1v) is 7.55. The molecule has 0 fully saturated rings. The standard InChI is InChI=1S/C15H16N4OS/c1-9-3-4-11(5-10(9)2)6-13-18-14(20-19-13)7-12-8-21-15(16)17-12/h3-5,8H,6-7H2,1-2H3,(H2,16,17). The van der Waals surface area contributed by atoms with E-state index in [0.717, 1.165) is 5.69 Å². The van der Waals surface area contributed by atoms with Crippen LogP contribution in [0.1, 0.15) is 34.1 Å². The van der Waals surface area contributed by atoms with E-state index in [0.29, 0.717) is 29.7 Å². The molecule has 0 saturated carbocycles. The lowest BCUT2D eigenvalue weighted by Gasteiger charge is -2.02. The average molecular weight is 300 g/mol. The largest absolute Gasteiger partial charge is 0.375 e. The van der Waals surface area contributed by atoms with Crippen LogP contribution in [0.3, 0.4) is 0 Å². The Balaban J connectivity index is 1.71. The average Bonchev–Trinajstić information content (AvgIpc) is 3.04. The molecular weight excluding hydrogens is 284 g/mol. The Morgan fingerprint density at radius 2 is 2.00 bits per heavy atom. The van der Waals surface area contributed by atoms with Crippen molar-refractivity contribution >= 4 is 16.5 Å². The van der Waals surface area contributed by atoms with Crippen molar-refractivity contribution in [1.82, 2.24) is 15.1 Å². The number of hydrogen-bond acceptors (Lipinski definition) is 6. The van der Waals surface area contributed by atoms with E-state index in [-0.39, 0.29) is 0 Å². The van der Waals surface area contributed by atoms with Crippen molar-refractivity contribution in [3.8, 4) is 0 Å². The highest BCUT2D eigenvalue weighted by atomic mass is 32.1. The minimum absolute atomic E-state index is 0.521. The van der Waals surface area contributed by atoms with Gasteiger partial charge in [-0.25, -0.2) is 4.98 Å². The van der Waals surface area contributed by atoms with Gasteiger partial charge in [-0.3, -0.25) is 0 Å². The third-order valence-electron chi connectivity index (χ3n) is 3.35. The van der Waals surface area contributed by atoms with Gasteiger partial charge in [0.15, 0.2) is 11.0 Å². The van der Waals surface area contributed by atoms with Gasteiger partial charge in [-0.1, -0.05) is 23.4 Å². The SMILES string of the molecule is Cc1ccc(Cc2noc(Cc3csc(N)n3)n2)cc1C. The summed E-state index contributed by atoms with van der Waals surface area (Å²) < 4.78 is 5.27. The Morgan fingerprint density at radius 3 is 2.71 bits per heavy atom. The van der Waals surface area contributed by atoms with Crippen molar-refractivity contribution in [2.75, 3.05) is 5.73 Å². The first-order chi connectivity index (χ1) is 10.1. The summed E-state index contributed by atoms with van der Waals surface area (Å²) in [5.41, 5.74) is 10.2. The van der Waals surface area contributed by atoms with E-state index in [1.807, 2.05) is 5.38 Å². The van der Waals surface area contributed by atoms with Gasteiger partial charge >= 0.3 is 0 Å². The summed E-state index contributed by atoms with van der Waals surface area (Å²) in [6.07, 6.45) is 1.19. The summed E-state index contributed by atoms with van der Waals surface area (Å²) in [6.45, 7) is 4.21. The molecule has 0 aliphatic rings. The predicted molar refractivity (Wildman–Crippen MR) is 82.4 cm³/mol. The van der Waals surface area contributed by atoms with Crippen LogP contribution < -0.4 is 5.73 Å². The molecule has 2 N–H and O–H groups in total. The lowest BCUT2D eigenvalue weighted by Crippen LogP contribution is -1.94. The van der Waals surface area contributed by atoms with E-state index in [4.69, 9.17) is 10.3 Å². The molecule has 6 heteroatoms. The van der Waals surface area contributed by atoms with Crippen LogP contribution in [0, 0.1) is 13.8 Å². The van der Waals surface area contributed by atoms with Crippen molar-refractivity contribution in [2.45, 2.75) is 26.7 Å². The molecule has 0 atom stereocenters. The molecule has 0 saturated heterocycles. The van der Waals surface area contributed by atoms with E-state index in [1.54, 1.807) is 0 Å². The zero-order valence-corrected chi connectivity index (χ0v) is 12.8. The quantitative estimate of drug-likeness (QED) is 0.801. The lowest BCUT2D eigenvalue weighted by molar-refractivity contribution is 0.379. The molecule has 0 bridgehead atoms. The van der Waals surface area contributed by atoms with Crippen LogP contribution in [0.5, 0.6) is 0 Å². The number of nitrogens with two attached hydrogens (primary N) is 1. The Bertz CT molecular complexity index is 763. The van der Waals surface area contributed by atoms with Gasteiger partial charge in [-0.05, 0) is 30.5 Å². The first-order valence-electron chi connectivity index (χ1n) is 6.67. The number of anilines is 1. The van der Waals surface area contributed by atoms with Crippen LogP contribution >= 0.6 is 11.3 Å². The normalized spacial score (nSPS) is 11.0. The zero-order chi connectivity index (χ0) is 14.8. The molecule has 2 heterocycles. The molecule has 0 unspecified atom stereocenters. The highest BCUT2D eigenvalue weighted by molar-refractivity contribution is 7.13. The summed E-state index contributed by atoms with van der Waals surface area (Å²) >= 11 is 1.41. The monoisotopic (exact) mass is 300 g/mol. The van der Waals surface area contributed by atoms with Gasteiger partial charge in [-0.2, -0.15) is 4.98 Å². The summed E-state index contributed by atoms with van der Waals surface area (Å²) in [5.74, 6) is 1.26. The van der Waals surface area contributed by atoms with Crippen LogP contribution in [0.25, 0.3) is 0 Å². The molecule has 0 spiro atoms. The van der Waals surface area contributed by atoms with Crippen LogP contribution in [0.2, 0.25) is 0 Å². The Hall–Kier alpha value is -2.21. The van der Waals surface area contributed by atoms with Gasteiger partial charge < -0.3 is 10.3 Å². The highest BCUT2D eigenvalue weighted by Crippen LogP contribution is 2.16. The fraction of sp³-hybridized carbons (Fsp3) is 0.267. The minimum Gasteiger partial charge on any atom is -0.375 e. The smallest absolute Gasteiger partial charge is 0.232 e. The summed E-state index contributed by atoms with van der Waals surface area (Å²) in [5, 5.41) is 6.49. The highest BCUT2D eigenvalue weighted by Gasteiger charge is 2.10. The number of rotatable bonds is 4. The molecule has 2 aromatic heterocycles. The van der Waals surface area contributed by atoms with E-state index >= 15 is 0 Å². The topological polar surface area (TPSA) is 77.8 Å². The maximum atomic E-state index is 5.61. The lowest BCUT2D eigenvalue weighted by atomic mass is 10.0. The second-order valence-electron chi connectivity index (χ2n) is 5.05.